The Labute approximate surface area is 99.3 Å². The molecule has 0 saturated carbocycles. The number of amides is 1. The largest absolute Gasteiger partial charge is 0.392 e. The van der Waals surface area contributed by atoms with Crippen molar-refractivity contribution in [3.8, 4) is 0 Å². The van der Waals surface area contributed by atoms with Gasteiger partial charge in [0.2, 0.25) is 0 Å². The number of hydrogen-bond acceptors (Lipinski definition) is 3. The van der Waals surface area contributed by atoms with Crippen LogP contribution in [-0.2, 0) is 0 Å². The molecule has 0 bridgehead atoms. The molecule has 4 heteroatoms. The molecule has 2 N–H and O–H groups in total. The van der Waals surface area contributed by atoms with Crippen molar-refractivity contribution in [2.75, 3.05) is 6.54 Å². The van der Waals surface area contributed by atoms with Crippen molar-refractivity contribution in [2.45, 2.75) is 13.0 Å². The Morgan fingerprint density at radius 3 is 2.88 bits per heavy atom. The molecule has 0 aliphatic heterocycles. The zero-order valence-electron chi connectivity index (χ0n) is 9.55. The van der Waals surface area contributed by atoms with Gasteiger partial charge in [0.15, 0.2) is 0 Å². The fraction of sp³-hybridized carbons (Fsp3) is 0.231. The fourth-order valence-electron chi connectivity index (χ4n) is 1.52. The first kappa shape index (κ1) is 11.5. The van der Waals surface area contributed by atoms with Crippen LogP contribution in [0.5, 0.6) is 0 Å². The van der Waals surface area contributed by atoms with Crippen molar-refractivity contribution >= 4 is 16.8 Å². The molecular formula is C13H14N2O2. The summed E-state index contributed by atoms with van der Waals surface area (Å²) in [5, 5.41) is 12.7. The minimum atomic E-state index is -0.556. The van der Waals surface area contributed by atoms with Crippen LogP contribution in [0.4, 0.5) is 0 Å². The minimum Gasteiger partial charge on any atom is -0.392 e. The van der Waals surface area contributed by atoms with Gasteiger partial charge in [-0.05, 0) is 19.1 Å². The predicted molar refractivity (Wildman–Crippen MR) is 65.8 cm³/mol. The summed E-state index contributed by atoms with van der Waals surface area (Å²) in [6, 6.07) is 11.2. The van der Waals surface area contributed by atoms with E-state index >= 15 is 0 Å². The normalized spacial score (nSPS) is 12.4. The summed E-state index contributed by atoms with van der Waals surface area (Å²) < 4.78 is 0. The van der Waals surface area contributed by atoms with E-state index in [-0.39, 0.29) is 12.5 Å². The average Bonchev–Trinajstić information content (AvgIpc) is 2.35. The Bertz CT molecular complexity index is 538. The summed E-state index contributed by atoms with van der Waals surface area (Å²) in [6.45, 7) is 1.85. The van der Waals surface area contributed by atoms with Crippen molar-refractivity contribution < 1.29 is 9.90 Å². The van der Waals surface area contributed by atoms with Crippen LogP contribution >= 0.6 is 0 Å². The van der Waals surface area contributed by atoms with Gasteiger partial charge >= 0.3 is 0 Å². The van der Waals surface area contributed by atoms with E-state index in [1.54, 1.807) is 13.0 Å². The first-order valence-electron chi connectivity index (χ1n) is 5.49. The molecule has 2 aromatic rings. The van der Waals surface area contributed by atoms with E-state index in [2.05, 4.69) is 10.3 Å². The molecule has 88 valence electrons. The number of fused-ring (bicyclic) bond motifs is 1. The van der Waals surface area contributed by atoms with Crippen LogP contribution in [0.25, 0.3) is 10.9 Å². The van der Waals surface area contributed by atoms with Crippen molar-refractivity contribution in [3.05, 3.63) is 42.1 Å². The molecule has 0 radical (unpaired) electrons. The quantitative estimate of drug-likeness (QED) is 0.836. The van der Waals surface area contributed by atoms with Crippen LogP contribution in [0.1, 0.15) is 17.4 Å². The molecular weight excluding hydrogens is 216 g/mol. The smallest absolute Gasteiger partial charge is 0.269 e. The maximum Gasteiger partial charge on any atom is 0.269 e. The lowest BCUT2D eigenvalue weighted by atomic mass is 10.2. The highest BCUT2D eigenvalue weighted by Gasteiger charge is 2.08. The van der Waals surface area contributed by atoms with Gasteiger partial charge in [0.1, 0.15) is 5.69 Å². The van der Waals surface area contributed by atoms with E-state index in [4.69, 9.17) is 5.11 Å². The summed E-state index contributed by atoms with van der Waals surface area (Å²) in [7, 11) is 0. The van der Waals surface area contributed by atoms with Gasteiger partial charge in [-0.2, -0.15) is 0 Å². The molecule has 17 heavy (non-hydrogen) atoms. The maximum absolute atomic E-state index is 11.7. The molecule has 1 unspecified atom stereocenters. The fourth-order valence-corrected chi connectivity index (χ4v) is 1.52. The predicted octanol–water partition coefficient (Wildman–Crippen LogP) is 1.35. The molecule has 1 aromatic carbocycles. The average molecular weight is 230 g/mol. The van der Waals surface area contributed by atoms with Crippen LogP contribution in [0.3, 0.4) is 0 Å². The lowest BCUT2D eigenvalue weighted by Gasteiger charge is -2.07. The highest BCUT2D eigenvalue weighted by molar-refractivity contribution is 5.94. The summed E-state index contributed by atoms with van der Waals surface area (Å²) in [5.74, 6) is -0.267. The summed E-state index contributed by atoms with van der Waals surface area (Å²) in [6.07, 6.45) is -0.556. The Morgan fingerprint density at radius 2 is 2.12 bits per heavy atom. The Morgan fingerprint density at radius 1 is 1.35 bits per heavy atom. The first-order valence-corrected chi connectivity index (χ1v) is 5.49. The number of aliphatic hydroxyl groups is 1. The molecule has 0 spiro atoms. The van der Waals surface area contributed by atoms with Gasteiger partial charge in [-0.15, -0.1) is 0 Å². The van der Waals surface area contributed by atoms with Crippen LogP contribution in [0.15, 0.2) is 36.4 Å². The monoisotopic (exact) mass is 230 g/mol. The second-order valence-electron chi connectivity index (χ2n) is 3.95. The van der Waals surface area contributed by atoms with E-state index in [0.29, 0.717) is 5.69 Å². The number of benzene rings is 1. The third-order valence-corrected chi connectivity index (χ3v) is 2.39. The summed E-state index contributed by atoms with van der Waals surface area (Å²) >= 11 is 0. The summed E-state index contributed by atoms with van der Waals surface area (Å²) in [5.41, 5.74) is 1.15. The first-order chi connectivity index (χ1) is 8.16. The lowest BCUT2D eigenvalue weighted by molar-refractivity contribution is 0.0919. The van der Waals surface area contributed by atoms with Gasteiger partial charge in [-0.1, -0.05) is 24.3 Å². The molecule has 0 aliphatic rings. The molecule has 2 rings (SSSR count). The lowest BCUT2D eigenvalue weighted by Crippen LogP contribution is -2.31. The number of aliphatic hydroxyl groups excluding tert-OH is 1. The van der Waals surface area contributed by atoms with Crippen molar-refractivity contribution in [2.24, 2.45) is 0 Å². The number of rotatable bonds is 3. The van der Waals surface area contributed by atoms with Crippen molar-refractivity contribution in [1.82, 2.24) is 10.3 Å². The zero-order valence-corrected chi connectivity index (χ0v) is 9.55. The Hall–Kier alpha value is -1.94. The van der Waals surface area contributed by atoms with Gasteiger partial charge in [-0.25, -0.2) is 4.98 Å². The highest BCUT2D eigenvalue weighted by atomic mass is 16.3. The molecule has 0 fully saturated rings. The van der Waals surface area contributed by atoms with Gasteiger partial charge in [-0.3, -0.25) is 4.79 Å². The number of aromatic nitrogens is 1. The number of pyridine rings is 1. The van der Waals surface area contributed by atoms with Crippen LogP contribution in [-0.4, -0.2) is 28.6 Å². The maximum atomic E-state index is 11.7. The molecule has 0 aliphatic carbocycles. The van der Waals surface area contributed by atoms with Crippen LogP contribution in [0.2, 0.25) is 0 Å². The molecule has 1 amide bonds. The van der Waals surface area contributed by atoms with Crippen LogP contribution in [0, 0.1) is 0 Å². The zero-order chi connectivity index (χ0) is 12.3. The molecule has 1 heterocycles. The molecule has 1 atom stereocenters. The van der Waals surface area contributed by atoms with Crippen molar-refractivity contribution in [1.29, 1.82) is 0 Å². The number of hydrogen-bond donors (Lipinski definition) is 2. The Kier molecular flexibility index (Phi) is 3.35. The van der Waals surface area contributed by atoms with Gasteiger partial charge < -0.3 is 10.4 Å². The van der Waals surface area contributed by atoms with Crippen molar-refractivity contribution in [3.63, 3.8) is 0 Å². The van der Waals surface area contributed by atoms with Gasteiger partial charge in [0.05, 0.1) is 11.6 Å². The standard InChI is InChI=1S/C13H14N2O2/c1-9(16)8-14-13(17)12-7-6-10-4-2-3-5-11(10)15-12/h2-7,9,16H,8H2,1H3,(H,14,17). The Balaban J connectivity index is 2.21. The summed E-state index contributed by atoms with van der Waals surface area (Å²) in [4.78, 5) is 16.0. The van der Waals surface area contributed by atoms with E-state index < -0.39 is 6.10 Å². The van der Waals surface area contributed by atoms with Gasteiger partial charge in [0, 0.05) is 11.9 Å². The van der Waals surface area contributed by atoms with Gasteiger partial charge in [0.25, 0.3) is 5.91 Å². The third-order valence-electron chi connectivity index (χ3n) is 2.39. The topological polar surface area (TPSA) is 62.2 Å². The number of nitrogens with zero attached hydrogens (tertiary/aromatic N) is 1. The SMILES string of the molecule is CC(O)CNC(=O)c1ccc2ccccc2n1. The van der Waals surface area contributed by atoms with Crippen LogP contribution < -0.4 is 5.32 Å². The number of nitrogens with one attached hydrogen (secondary N) is 1. The molecule has 4 nitrogen and oxygen atoms in total. The molecule has 1 aromatic heterocycles. The van der Waals surface area contributed by atoms with E-state index in [1.165, 1.54) is 0 Å². The third kappa shape index (κ3) is 2.79. The van der Waals surface area contributed by atoms with E-state index in [1.807, 2.05) is 30.3 Å². The number of carbonyl (C=O) groups excluding carboxylic acids is 1. The number of carbonyl (C=O) groups is 1. The highest BCUT2D eigenvalue weighted by Crippen LogP contribution is 2.11. The molecule has 0 saturated heterocycles. The minimum absolute atomic E-state index is 0.230. The van der Waals surface area contributed by atoms with E-state index in [9.17, 15) is 4.79 Å². The second kappa shape index (κ2) is 4.93. The van der Waals surface area contributed by atoms with E-state index in [0.717, 1.165) is 10.9 Å². The number of para-hydroxylation sites is 1. The second-order valence-corrected chi connectivity index (χ2v) is 3.95.